The van der Waals surface area contributed by atoms with E-state index in [2.05, 4.69) is 15.6 Å². The zero-order valence-corrected chi connectivity index (χ0v) is 10.3. The number of urea groups is 1. The van der Waals surface area contributed by atoms with Crippen LogP contribution in [-0.4, -0.2) is 23.6 Å². The van der Waals surface area contributed by atoms with Gasteiger partial charge in [-0.15, -0.1) is 11.3 Å². The van der Waals surface area contributed by atoms with E-state index in [9.17, 15) is 4.79 Å². The monoisotopic (exact) mass is 239 g/mol. The Morgan fingerprint density at radius 1 is 1.62 bits per heavy atom. The molecular weight excluding hydrogens is 222 g/mol. The predicted molar refractivity (Wildman–Crippen MR) is 64.7 cm³/mol. The topological polar surface area (TPSA) is 54.0 Å². The van der Waals surface area contributed by atoms with Crippen LogP contribution in [0, 0.1) is 6.92 Å². The van der Waals surface area contributed by atoms with Crippen molar-refractivity contribution in [3.8, 4) is 0 Å². The normalized spacial score (nSPS) is 15.6. The quantitative estimate of drug-likeness (QED) is 0.842. The van der Waals surface area contributed by atoms with Crippen molar-refractivity contribution in [3.05, 3.63) is 16.1 Å². The van der Waals surface area contributed by atoms with Gasteiger partial charge in [-0.25, -0.2) is 9.78 Å². The van der Waals surface area contributed by atoms with Gasteiger partial charge in [0.05, 0.1) is 5.01 Å². The Morgan fingerprint density at radius 2 is 2.44 bits per heavy atom. The molecule has 1 saturated carbocycles. The highest BCUT2D eigenvalue weighted by atomic mass is 32.1. The molecule has 1 aromatic heterocycles. The molecule has 1 fully saturated rings. The Bertz CT molecular complexity index is 360. The van der Waals surface area contributed by atoms with Crippen molar-refractivity contribution >= 4 is 17.4 Å². The molecule has 0 spiro atoms. The maximum atomic E-state index is 11.4. The fraction of sp³-hybridized carbons (Fsp3) is 0.636. The van der Waals surface area contributed by atoms with Gasteiger partial charge < -0.3 is 10.6 Å². The molecule has 0 aliphatic heterocycles. The van der Waals surface area contributed by atoms with Gasteiger partial charge in [-0.05, 0) is 26.2 Å². The molecule has 4 nitrogen and oxygen atoms in total. The van der Waals surface area contributed by atoms with Crippen LogP contribution in [0.4, 0.5) is 4.79 Å². The van der Waals surface area contributed by atoms with E-state index < -0.39 is 0 Å². The van der Waals surface area contributed by atoms with Crippen molar-refractivity contribution in [1.82, 2.24) is 15.6 Å². The molecule has 0 unspecified atom stereocenters. The summed E-state index contributed by atoms with van der Waals surface area (Å²) in [6, 6.07) is 0.361. The number of carbonyl (C=O) groups excluding carboxylic acids is 1. The van der Waals surface area contributed by atoms with Crippen LogP contribution in [0.15, 0.2) is 5.38 Å². The lowest BCUT2D eigenvalue weighted by atomic mass is 9.93. The van der Waals surface area contributed by atoms with Gasteiger partial charge in [0.15, 0.2) is 0 Å². The summed E-state index contributed by atoms with van der Waals surface area (Å²) in [5.41, 5.74) is 1.05. The molecule has 0 aromatic carbocycles. The summed E-state index contributed by atoms with van der Waals surface area (Å²) in [5, 5.41) is 8.91. The summed E-state index contributed by atoms with van der Waals surface area (Å²) in [6.07, 6.45) is 4.30. The van der Waals surface area contributed by atoms with E-state index in [4.69, 9.17) is 0 Å². The van der Waals surface area contributed by atoms with Crippen LogP contribution in [-0.2, 0) is 6.42 Å². The Hall–Kier alpha value is -1.10. The highest BCUT2D eigenvalue weighted by Crippen LogP contribution is 2.17. The molecule has 1 aliphatic carbocycles. The third kappa shape index (κ3) is 3.20. The Labute approximate surface area is 99.5 Å². The number of nitrogens with one attached hydrogen (secondary N) is 2. The van der Waals surface area contributed by atoms with Gasteiger partial charge in [-0.3, -0.25) is 0 Å². The smallest absolute Gasteiger partial charge is 0.315 e. The minimum Gasteiger partial charge on any atom is -0.338 e. The number of aromatic nitrogens is 1. The average molecular weight is 239 g/mol. The Kier molecular flexibility index (Phi) is 3.77. The van der Waals surface area contributed by atoms with Crippen molar-refractivity contribution in [2.45, 2.75) is 38.6 Å². The molecule has 2 amide bonds. The van der Waals surface area contributed by atoms with Crippen LogP contribution < -0.4 is 10.6 Å². The number of hydrogen-bond acceptors (Lipinski definition) is 3. The first-order valence-corrected chi connectivity index (χ1v) is 6.57. The number of hydrogen-bond donors (Lipinski definition) is 2. The van der Waals surface area contributed by atoms with Gasteiger partial charge in [0, 0.05) is 30.1 Å². The fourth-order valence-electron chi connectivity index (χ4n) is 1.59. The molecule has 2 N–H and O–H groups in total. The molecule has 5 heteroatoms. The Balaban J connectivity index is 1.61. The van der Waals surface area contributed by atoms with Crippen LogP contribution in [0.5, 0.6) is 0 Å². The second-order valence-electron chi connectivity index (χ2n) is 4.16. The number of thiazole rings is 1. The van der Waals surface area contributed by atoms with Crippen molar-refractivity contribution < 1.29 is 4.79 Å². The molecule has 88 valence electrons. The largest absolute Gasteiger partial charge is 0.338 e. The van der Waals surface area contributed by atoms with Crippen molar-refractivity contribution in [1.29, 1.82) is 0 Å². The van der Waals surface area contributed by atoms with E-state index in [1.54, 1.807) is 11.3 Å². The summed E-state index contributed by atoms with van der Waals surface area (Å²) < 4.78 is 0. The minimum atomic E-state index is -0.0435. The lowest BCUT2D eigenvalue weighted by Gasteiger charge is -2.26. The average Bonchev–Trinajstić information content (AvgIpc) is 2.58. The van der Waals surface area contributed by atoms with Gasteiger partial charge >= 0.3 is 6.03 Å². The van der Waals surface area contributed by atoms with E-state index in [0.717, 1.165) is 30.0 Å². The molecule has 2 rings (SSSR count). The summed E-state index contributed by atoms with van der Waals surface area (Å²) in [4.78, 5) is 15.7. The maximum absolute atomic E-state index is 11.4. The summed E-state index contributed by atoms with van der Waals surface area (Å²) in [5.74, 6) is 0. The van der Waals surface area contributed by atoms with E-state index >= 15 is 0 Å². The number of carbonyl (C=O) groups is 1. The lowest BCUT2D eigenvalue weighted by molar-refractivity contribution is 0.228. The molecule has 1 heterocycles. The molecule has 0 bridgehead atoms. The molecule has 16 heavy (non-hydrogen) atoms. The molecule has 0 saturated heterocycles. The number of nitrogens with zero attached hydrogens (tertiary/aromatic N) is 1. The standard InChI is InChI=1S/C11H17N3OS/c1-8-7-16-10(13-8)5-6-12-11(15)14-9-3-2-4-9/h7,9H,2-6H2,1H3,(H2,12,14,15). The zero-order valence-electron chi connectivity index (χ0n) is 9.45. The van der Waals surface area contributed by atoms with Gasteiger partial charge in [0.2, 0.25) is 0 Å². The summed E-state index contributed by atoms with van der Waals surface area (Å²) in [7, 11) is 0. The SMILES string of the molecule is Cc1csc(CCNC(=O)NC2CCC2)n1. The lowest BCUT2D eigenvalue weighted by Crippen LogP contribution is -2.45. The highest BCUT2D eigenvalue weighted by molar-refractivity contribution is 7.09. The molecule has 1 aliphatic rings. The fourth-order valence-corrected chi connectivity index (χ4v) is 2.37. The van der Waals surface area contributed by atoms with Crippen LogP contribution in [0.3, 0.4) is 0 Å². The number of amides is 2. The Morgan fingerprint density at radius 3 is 3.00 bits per heavy atom. The van der Waals surface area contributed by atoms with Gasteiger partial charge in [-0.2, -0.15) is 0 Å². The first-order chi connectivity index (χ1) is 7.74. The van der Waals surface area contributed by atoms with E-state index in [1.165, 1.54) is 6.42 Å². The third-order valence-corrected chi connectivity index (χ3v) is 3.76. The number of aryl methyl sites for hydroxylation is 1. The van der Waals surface area contributed by atoms with Gasteiger partial charge in [0.25, 0.3) is 0 Å². The minimum absolute atomic E-state index is 0.0435. The first-order valence-electron chi connectivity index (χ1n) is 5.69. The summed E-state index contributed by atoms with van der Waals surface area (Å²) >= 11 is 1.65. The first kappa shape index (κ1) is 11.4. The van der Waals surface area contributed by atoms with Gasteiger partial charge in [-0.1, -0.05) is 0 Å². The third-order valence-electron chi connectivity index (χ3n) is 2.73. The second-order valence-corrected chi connectivity index (χ2v) is 5.10. The van der Waals surface area contributed by atoms with Crippen molar-refractivity contribution in [2.24, 2.45) is 0 Å². The maximum Gasteiger partial charge on any atom is 0.315 e. The van der Waals surface area contributed by atoms with E-state index in [1.807, 2.05) is 12.3 Å². The summed E-state index contributed by atoms with van der Waals surface area (Å²) in [6.45, 7) is 2.64. The molecule has 0 atom stereocenters. The molecule has 1 aromatic rings. The van der Waals surface area contributed by atoms with Crippen molar-refractivity contribution in [3.63, 3.8) is 0 Å². The van der Waals surface area contributed by atoms with Gasteiger partial charge in [0.1, 0.15) is 0 Å². The predicted octanol–water partition coefficient (Wildman–Crippen LogP) is 1.85. The van der Waals surface area contributed by atoms with E-state index in [0.29, 0.717) is 12.6 Å². The van der Waals surface area contributed by atoms with Crippen LogP contribution in [0.25, 0.3) is 0 Å². The van der Waals surface area contributed by atoms with Crippen molar-refractivity contribution in [2.75, 3.05) is 6.54 Å². The molecule has 0 radical (unpaired) electrons. The van der Waals surface area contributed by atoms with Crippen LogP contribution in [0.1, 0.15) is 30.0 Å². The highest BCUT2D eigenvalue weighted by Gasteiger charge is 2.18. The molecular formula is C11H17N3OS. The van der Waals surface area contributed by atoms with Crippen LogP contribution >= 0.6 is 11.3 Å². The van der Waals surface area contributed by atoms with E-state index in [-0.39, 0.29) is 6.03 Å². The van der Waals surface area contributed by atoms with Crippen LogP contribution in [0.2, 0.25) is 0 Å². The second kappa shape index (κ2) is 5.30. The number of rotatable bonds is 4. The zero-order chi connectivity index (χ0) is 11.4.